The van der Waals surface area contributed by atoms with Crippen molar-refractivity contribution in [3.63, 3.8) is 0 Å². The number of benzene rings is 2. The first-order chi connectivity index (χ1) is 16.2. The summed E-state index contributed by atoms with van der Waals surface area (Å²) in [5.74, 6) is -2.14. The number of carbonyl (C=O) groups is 1. The molecule has 184 valence electrons. The van der Waals surface area contributed by atoms with Crippen LogP contribution in [0.5, 0.6) is 11.5 Å². The van der Waals surface area contributed by atoms with E-state index in [1.807, 2.05) is 18.2 Å². The predicted octanol–water partition coefficient (Wildman–Crippen LogP) is 5.87. The molecule has 0 spiro atoms. The molecule has 3 atom stereocenters. The van der Waals surface area contributed by atoms with Gasteiger partial charge < -0.3 is 18.9 Å². The molecule has 1 aliphatic rings. The fourth-order valence-electron chi connectivity index (χ4n) is 4.17. The molecule has 1 heterocycles. The maximum atomic E-state index is 13.6. The minimum Gasteiger partial charge on any atom is -0.493 e. The van der Waals surface area contributed by atoms with Gasteiger partial charge >= 0.3 is 5.97 Å². The van der Waals surface area contributed by atoms with E-state index < -0.39 is 5.92 Å². The summed E-state index contributed by atoms with van der Waals surface area (Å²) in [7, 11) is 3.15. The van der Waals surface area contributed by atoms with E-state index >= 15 is 0 Å². The van der Waals surface area contributed by atoms with Crippen molar-refractivity contribution in [1.82, 2.24) is 0 Å². The molecule has 1 saturated heterocycles. The number of ether oxygens (including phenoxy) is 4. The van der Waals surface area contributed by atoms with E-state index in [0.717, 1.165) is 18.1 Å². The highest BCUT2D eigenvalue weighted by atomic mass is 19.3. The standard InChI is InChI=1S/C27H32F2O5/c1-6-17(2)26(30)34-16-22-20(13-18-7-10-21(11-8-18)27(3,28)29)15-33-25(22)19-9-12-23(31-4)24(14-19)32-5/h6-12,14,20,22,25H,13,15-16H2,1-5H3/t20-,22-,25+/m0/s1. The Balaban J connectivity index is 1.84. The van der Waals surface area contributed by atoms with E-state index in [0.29, 0.717) is 30.1 Å². The highest BCUT2D eigenvalue weighted by Gasteiger charge is 2.39. The van der Waals surface area contributed by atoms with Crippen molar-refractivity contribution in [1.29, 1.82) is 0 Å². The molecule has 0 aliphatic carbocycles. The lowest BCUT2D eigenvalue weighted by atomic mass is 9.84. The van der Waals surface area contributed by atoms with Crippen molar-refractivity contribution in [2.24, 2.45) is 11.8 Å². The van der Waals surface area contributed by atoms with Crippen LogP contribution >= 0.6 is 0 Å². The molecule has 0 radical (unpaired) electrons. The molecule has 3 rings (SSSR count). The average Bonchev–Trinajstić information content (AvgIpc) is 3.23. The highest BCUT2D eigenvalue weighted by molar-refractivity contribution is 5.87. The molecular formula is C27H32F2O5. The largest absolute Gasteiger partial charge is 0.493 e. The molecule has 0 bridgehead atoms. The van der Waals surface area contributed by atoms with Gasteiger partial charge in [0.05, 0.1) is 33.5 Å². The molecule has 7 heteroatoms. The van der Waals surface area contributed by atoms with Crippen LogP contribution in [-0.4, -0.2) is 33.4 Å². The summed E-state index contributed by atoms with van der Waals surface area (Å²) >= 11 is 0. The van der Waals surface area contributed by atoms with Crippen LogP contribution in [0.3, 0.4) is 0 Å². The Morgan fingerprint density at radius 3 is 2.38 bits per heavy atom. The van der Waals surface area contributed by atoms with Crippen LogP contribution in [0.4, 0.5) is 8.78 Å². The van der Waals surface area contributed by atoms with Crippen LogP contribution in [0, 0.1) is 11.8 Å². The molecule has 0 saturated carbocycles. The molecular weight excluding hydrogens is 442 g/mol. The molecule has 34 heavy (non-hydrogen) atoms. The van der Waals surface area contributed by atoms with Gasteiger partial charge in [0, 0.05) is 24.0 Å². The zero-order valence-corrected chi connectivity index (χ0v) is 20.3. The van der Waals surface area contributed by atoms with Gasteiger partial charge in [-0.2, -0.15) is 0 Å². The van der Waals surface area contributed by atoms with E-state index in [1.54, 1.807) is 46.3 Å². The van der Waals surface area contributed by atoms with E-state index in [-0.39, 0.29) is 36.1 Å². The van der Waals surface area contributed by atoms with E-state index in [9.17, 15) is 13.6 Å². The van der Waals surface area contributed by atoms with Crippen LogP contribution in [0.1, 0.15) is 43.6 Å². The number of alkyl halides is 2. The second-order valence-electron chi connectivity index (χ2n) is 8.65. The lowest BCUT2D eigenvalue weighted by molar-refractivity contribution is -0.141. The number of methoxy groups -OCH3 is 2. The fourth-order valence-corrected chi connectivity index (χ4v) is 4.17. The molecule has 0 aromatic heterocycles. The smallest absolute Gasteiger partial charge is 0.333 e. The number of hydrogen-bond donors (Lipinski definition) is 0. The second kappa shape index (κ2) is 11.0. The first-order valence-electron chi connectivity index (χ1n) is 11.3. The van der Waals surface area contributed by atoms with Crippen LogP contribution in [0.2, 0.25) is 0 Å². The molecule has 5 nitrogen and oxygen atoms in total. The Morgan fingerprint density at radius 1 is 1.12 bits per heavy atom. The van der Waals surface area contributed by atoms with Crippen molar-refractivity contribution < 1.29 is 32.5 Å². The Kier molecular flexibility index (Phi) is 8.31. The Labute approximate surface area is 199 Å². The van der Waals surface area contributed by atoms with Crippen LogP contribution in [0.25, 0.3) is 0 Å². The first-order valence-corrected chi connectivity index (χ1v) is 11.3. The Morgan fingerprint density at radius 2 is 1.79 bits per heavy atom. The van der Waals surface area contributed by atoms with E-state index in [1.165, 1.54) is 12.1 Å². The van der Waals surface area contributed by atoms with Crippen LogP contribution in [0.15, 0.2) is 54.1 Å². The lowest BCUT2D eigenvalue weighted by Gasteiger charge is -2.24. The van der Waals surface area contributed by atoms with Gasteiger partial charge in [0.2, 0.25) is 0 Å². The Hall–Kier alpha value is -2.93. The van der Waals surface area contributed by atoms with E-state index in [4.69, 9.17) is 18.9 Å². The maximum Gasteiger partial charge on any atom is 0.333 e. The molecule has 1 aliphatic heterocycles. The van der Waals surface area contributed by atoms with Crippen molar-refractivity contribution >= 4 is 5.97 Å². The minimum atomic E-state index is -2.88. The number of esters is 1. The van der Waals surface area contributed by atoms with Crippen LogP contribution < -0.4 is 9.47 Å². The van der Waals surface area contributed by atoms with Crippen molar-refractivity contribution in [3.8, 4) is 11.5 Å². The molecule has 0 amide bonds. The number of rotatable bonds is 9. The average molecular weight is 475 g/mol. The zero-order chi connectivity index (χ0) is 24.9. The summed E-state index contributed by atoms with van der Waals surface area (Å²) < 4.78 is 49.8. The topological polar surface area (TPSA) is 54.0 Å². The SMILES string of the molecule is CC=C(C)C(=O)OC[C@H]1[C@@H](Cc2ccc(C(C)(F)F)cc2)CO[C@@H]1c1ccc(OC)c(OC)c1. The van der Waals surface area contributed by atoms with Gasteiger partial charge in [-0.3, -0.25) is 0 Å². The van der Waals surface area contributed by atoms with Crippen LogP contribution in [-0.2, 0) is 26.6 Å². The molecule has 2 aromatic rings. The summed E-state index contributed by atoms with van der Waals surface area (Å²) in [4.78, 5) is 12.3. The molecule has 1 fully saturated rings. The predicted molar refractivity (Wildman–Crippen MR) is 125 cm³/mol. The van der Waals surface area contributed by atoms with Gasteiger partial charge in [-0.05, 0) is 49.4 Å². The third-order valence-corrected chi connectivity index (χ3v) is 6.34. The number of allylic oxidation sites excluding steroid dienone is 1. The quantitative estimate of drug-likeness (QED) is 0.336. The van der Waals surface area contributed by atoms with E-state index in [2.05, 4.69) is 0 Å². The third-order valence-electron chi connectivity index (χ3n) is 6.34. The minimum absolute atomic E-state index is 0.0190. The van der Waals surface area contributed by atoms with Gasteiger partial charge in [0.25, 0.3) is 5.92 Å². The molecule has 0 unspecified atom stereocenters. The highest BCUT2D eigenvalue weighted by Crippen LogP contribution is 2.42. The maximum absolute atomic E-state index is 13.6. The van der Waals surface area contributed by atoms with Gasteiger partial charge in [0.1, 0.15) is 0 Å². The first kappa shape index (κ1) is 25.7. The molecule has 0 N–H and O–H groups in total. The van der Waals surface area contributed by atoms with Gasteiger partial charge in [-0.25, -0.2) is 13.6 Å². The van der Waals surface area contributed by atoms with Crippen molar-refractivity contribution in [2.75, 3.05) is 27.4 Å². The summed E-state index contributed by atoms with van der Waals surface area (Å²) in [6.07, 6.45) is 2.01. The monoisotopic (exact) mass is 474 g/mol. The van der Waals surface area contributed by atoms with Gasteiger partial charge in [0.15, 0.2) is 11.5 Å². The van der Waals surface area contributed by atoms with Crippen molar-refractivity contribution in [2.45, 2.75) is 39.2 Å². The summed E-state index contributed by atoms with van der Waals surface area (Å²) in [5.41, 5.74) is 2.34. The second-order valence-corrected chi connectivity index (χ2v) is 8.65. The number of carbonyl (C=O) groups excluding carboxylic acids is 1. The fraction of sp³-hybridized carbons (Fsp3) is 0.444. The molecule has 2 aromatic carbocycles. The third kappa shape index (κ3) is 5.95. The number of hydrogen-bond acceptors (Lipinski definition) is 5. The van der Waals surface area contributed by atoms with Crippen molar-refractivity contribution in [3.05, 3.63) is 70.8 Å². The van der Waals surface area contributed by atoms with Gasteiger partial charge in [-0.15, -0.1) is 0 Å². The van der Waals surface area contributed by atoms with Gasteiger partial charge in [-0.1, -0.05) is 36.4 Å². The zero-order valence-electron chi connectivity index (χ0n) is 20.3. The number of halogens is 2. The summed E-state index contributed by atoms with van der Waals surface area (Å²) in [6, 6.07) is 12.0. The Bertz CT molecular complexity index is 1010. The lowest BCUT2D eigenvalue weighted by Crippen LogP contribution is -2.24. The normalized spacial score (nSPS) is 20.8. The summed E-state index contributed by atoms with van der Waals surface area (Å²) in [5, 5.41) is 0. The summed E-state index contributed by atoms with van der Waals surface area (Å²) in [6.45, 7) is 5.02.